The Balaban J connectivity index is 2.21. The predicted molar refractivity (Wildman–Crippen MR) is 80.6 cm³/mol. The largest absolute Gasteiger partial charge is 0.467 e. The van der Waals surface area contributed by atoms with E-state index >= 15 is 0 Å². The number of sulfone groups is 1. The van der Waals surface area contributed by atoms with Crippen LogP contribution in [0.15, 0.2) is 0 Å². The monoisotopic (exact) mass is 315 g/mol. The number of anilines is 2. The average molecular weight is 315 g/mol. The molecule has 0 saturated carbocycles. The summed E-state index contributed by atoms with van der Waals surface area (Å²) in [7, 11) is 0.336. The molecule has 0 aromatic carbocycles. The van der Waals surface area contributed by atoms with E-state index in [1.165, 1.54) is 7.11 Å². The van der Waals surface area contributed by atoms with Crippen LogP contribution < -0.4 is 15.0 Å². The zero-order valence-corrected chi connectivity index (χ0v) is 13.4. The minimum Gasteiger partial charge on any atom is -0.467 e. The van der Waals surface area contributed by atoms with Crippen LogP contribution in [0.2, 0.25) is 0 Å². The van der Waals surface area contributed by atoms with Crippen LogP contribution in [0.1, 0.15) is 19.8 Å². The van der Waals surface area contributed by atoms with Crippen molar-refractivity contribution < 1.29 is 13.2 Å². The second-order valence-corrected chi connectivity index (χ2v) is 7.27. The molecule has 8 nitrogen and oxygen atoms in total. The van der Waals surface area contributed by atoms with Crippen LogP contribution in [0.25, 0.3) is 0 Å². The van der Waals surface area contributed by atoms with Crippen molar-refractivity contribution in [2.75, 3.05) is 42.4 Å². The average Bonchev–Trinajstić information content (AvgIpc) is 2.84. The molecular formula is C12H21N5O3S. The van der Waals surface area contributed by atoms with Crippen molar-refractivity contribution >= 4 is 21.7 Å². The molecule has 2 heterocycles. The summed E-state index contributed by atoms with van der Waals surface area (Å²) in [6.45, 7) is 2.79. The predicted octanol–water partition coefficient (Wildman–Crippen LogP) is 0.325. The molecule has 0 radical (unpaired) electrons. The van der Waals surface area contributed by atoms with Crippen molar-refractivity contribution in [3.8, 4) is 6.01 Å². The Bertz CT molecular complexity index is 593. The maximum Gasteiger partial charge on any atom is 0.322 e. The van der Waals surface area contributed by atoms with Crippen molar-refractivity contribution in [3.05, 3.63) is 0 Å². The third kappa shape index (κ3) is 3.93. The number of aromatic nitrogens is 3. The summed E-state index contributed by atoms with van der Waals surface area (Å²) in [5, 5.41) is 3.08. The van der Waals surface area contributed by atoms with Gasteiger partial charge in [-0.05, 0) is 12.8 Å². The van der Waals surface area contributed by atoms with Crippen LogP contribution in [-0.4, -0.2) is 61.6 Å². The Morgan fingerprint density at radius 3 is 2.71 bits per heavy atom. The smallest absolute Gasteiger partial charge is 0.322 e. The molecule has 1 aromatic rings. The SMILES string of the molecule is CCCNc1nc(OC)nc(N(C)C2CCS(=O)(=O)C2)n1. The number of hydrogen-bond acceptors (Lipinski definition) is 8. The van der Waals surface area contributed by atoms with Gasteiger partial charge < -0.3 is 15.0 Å². The molecular weight excluding hydrogens is 294 g/mol. The van der Waals surface area contributed by atoms with E-state index in [0.717, 1.165) is 13.0 Å². The van der Waals surface area contributed by atoms with Crippen LogP contribution in [-0.2, 0) is 9.84 Å². The van der Waals surface area contributed by atoms with Crippen molar-refractivity contribution in [2.45, 2.75) is 25.8 Å². The summed E-state index contributed by atoms with van der Waals surface area (Å²) in [5.74, 6) is 1.20. The van der Waals surface area contributed by atoms with Crippen LogP contribution >= 0.6 is 0 Å². The van der Waals surface area contributed by atoms with E-state index in [4.69, 9.17) is 4.74 Å². The van der Waals surface area contributed by atoms with E-state index in [-0.39, 0.29) is 23.6 Å². The molecule has 0 bridgehead atoms. The Morgan fingerprint density at radius 2 is 2.14 bits per heavy atom. The number of methoxy groups -OCH3 is 1. The minimum atomic E-state index is -2.95. The zero-order valence-electron chi connectivity index (χ0n) is 12.5. The molecule has 0 spiro atoms. The van der Waals surface area contributed by atoms with Crippen molar-refractivity contribution in [3.63, 3.8) is 0 Å². The third-order valence-electron chi connectivity index (χ3n) is 3.39. The first-order valence-corrected chi connectivity index (χ1v) is 8.74. The summed E-state index contributed by atoms with van der Waals surface area (Å²) in [4.78, 5) is 14.4. The van der Waals surface area contributed by atoms with Crippen LogP contribution in [0.5, 0.6) is 6.01 Å². The van der Waals surface area contributed by atoms with Crippen molar-refractivity contribution in [1.29, 1.82) is 0 Å². The second-order valence-electron chi connectivity index (χ2n) is 5.04. The van der Waals surface area contributed by atoms with Gasteiger partial charge in [-0.1, -0.05) is 6.92 Å². The summed E-state index contributed by atoms with van der Waals surface area (Å²) in [6, 6.07) is 0.104. The zero-order chi connectivity index (χ0) is 15.5. The normalized spacial score (nSPS) is 20.2. The fourth-order valence-electron chi connectivity index (χ4n) is 2.15. The lowest BCUT2D eigenvalue weighted by Crippen LogP contribution is -2.34. The van der Waals surface area contributed by atoms with E-state index in [0.29, 0.717) is 18.3 Å². The minimum absolute atomic E-state index is 0.110. The van der Waals surface area contributed by atoms with Gasteiger partial charge in [0.15, 0.2) is 9.84 Å². The molecule has 1 N–H and O–H groups in total. The van der Waals surface area contributed by atoms with Gasteiger partial charge >= 0.3 is 6.01 Å². The van der Waals surface area contributed by atoms with Crippen LogP contribution in [0.3, 0.4) is 0 Å². The van der Waals surface area contributed by atoms with Gasteiger partial charge in [0.05, 0.1) is 18.6 Å². The highest BCUT2D eigenvalue weighted by atomic mass is 32.2. The van der Waals surface area contributed by atoms with Gasteiger partial charge in [0.25, 0.3) is 0 Å². The Hall–Kier alpha value is -1.64. The fraction of sp³-hybridized carbons (Fsp3) is 0.750. The first-order chi connectivity index (χ1) is 9.95. The summed E-state index contributed by atoms with van der Waals surface area (Å²) in [5.41, 5.74) is 0. The van der Waals surface area contributed by atoms with Crippen molar-refractivity contribution in [1.82, 2.24) is 15.0 Å². The summed E-state index contributed by atoms with van der Waals surface area (Å²) < 4.78 is 28.3. The highest BCUT2D eigenvalue weighted by Gasteiger charge is 2.32. The van der Waals surface area contributed by atoms with Gasteiger partial charge in [0.1, 0.15) is 0 Å². The molecule has 1 fully saturated rings. The molecule has 0 amide bonds. The van der Waals surface area contributed by atoms with Crippen LogP contribution in [0.4, 0.5) is 11.9 Å². The Kier molecular flexibility index (Phi) is 4.81. The van der Waals surface area contributed by atoms with Gasteiger partial charge in [-0.15, -0.1) is 0 Å². The molecule has 2 rings (SSSR count). The maximum absolute atomic E-state index is 11.6. The van der Waals surface area contributed by atoms with E-state index in [1.54, 1.807) is 11.9 Å². The molecule has 1 atom stereocenters. The molecule has 21 heavy (non-hydrogen) atoms. The lowest BCUT2D eigenvalue weighted by atomic mass is 10.2. The molecule has 118 valence electrons. The standard InChI is InChI=1S/C12H21N5O3S/c1-4-6-13-10-14-11(16-12(15-10)20-3)17(2)9-5-7-21(18,19)8-9/h9H,4-8H2,1-3H3,(H,13,14,15,16). The van der Waals surface area contributed by atoms with Crippen molar-refractivity contribution in [2.24, 2.45) is 0 Å². The first-order valence-electron chi connectivity index (χ1n) is 6.92. The molecule has 9 heteroatoms. The topological polar surface area (TPSA) is 97.3 Å². The maximum atomic E-state index is 11.6. The van der Waals surface area contributed by atoms with Gasteiger partial charge in [-0.2, -0.15) is 15.0 Å². The summed E-state index contributed by atoms with van der Waals surface area (Å²) in [6.07, 6.45) is 1.53. The third-order valence-corrected chi connectivity index (χ3v) is 5.14. The lowest BCUT2D eigenvalue weighted by molar-refractivity contribution is 0.378. The molecule has 1 aliphatic heterocycles. The number of nitrogens with one attached hydrogen (secondary N) is 1. The number of hydrogen-bond donors (Lipinski definition) is 1. The highest BCUT2D eigenvalue weighted by Crippen LogP contribution is 2.22. The molecule has 1 aliphatic rings. The molecule has 1 unspecified atom stereocenters. The van der Waals surface area contributed by atoms with Gasteiger partial charge in [-0.25, -0.2) is 8.42 Å². The molecule has 1 saturated heterocycles. The second kappa shape index (κ2) is 6.42. The van der Waals surface area contributed by atoms with E-state index in [9.17, 15) is 8.42 Å². The number of rotatable bonds is 6. The molecule has 1 aromatic heterocycles. The highest BCUT2D eigenvalue weighted by molar-refractivity contribution is 7.91. The quantitative estimate of drug-likeness (QED) is 0.802. The molecule has 0 aliphatic carbocycles. The lowest BCUT2D eigenvalue weighted by Gasteiger charge is -2.23. The van der Waals surface area contributed by atoms with Gasteiger partial charge in [-0.3, -0.25) is 0 Å². The van der Waals surface area contributed by atoms with Gasteiger partial charge in [0.2, 0.25) is 11.9 Å². The number of nitrogens with zero attached hydrogens (tertiary/aromatic N) is 4. The Labute approximate surface area is 124 Å². The summed E-state index contributed by atoms with van der Waals surface area (Å²) >= 11 is 0. The van der Waals surface area contributed by atoms with Crippen LogP contribution in [0, 0.1) is 0 Å². The van der Waals surface area contributed by atoms with E-state index < -0.39 is 9.84 Å². The fourth-order valence-corrected chi connectivity index (χ4v) is 3.93. The van der Waals surface area contributed by atoms with Gasteiger partial charge in [0, 0.05) is 19.6 Å². The Morgan fingerprint density at radius 1 is 1.38 bits per heavy atom. The van der Waals surface area contributed by atoms with E-state index in [1.807, 2.05) is 6.92 Å². The number of ether oxygens (including phenoxy) is 1. The van der Waals surface area contributed by atoms with E-state index in [2.05, 4.69) is 20.3 Å². The first kappa shape index (κ1) is 15.7.